The smallest absolute Gasteiger partial charge is 0.306 e. The summed E-state index contributed by atoms with van der Waals surface area (Å²) in [6, 6.07) is 0. The molecule has 0 aliphatic carbocycles. The minimum Gasteiger partial charge on any atom is -0.462 e. The van der Waals surface area contributed by atoms with Crippen LogP contribution in [0.2, 0.25) is 0 Å². The monoisotopic (exact) mass is 1080 g/mol. The number of esters is 2. The summed E-state index contributed by atoms with van der Waals surface area (Å²) in [5.41, 5.74) is 0. The second kappa shape index (κ2) is 47.8. The van der Waals surface area contributed by atoms with Gasteiger partial charge in [-0.2, -0.15) is 0 Å². The lowest BCUT2D eigenvalue weighted by atomic mass is 9.98. The average molecular weight is 1090 g/mol. The zero-order valence-corrected chi connectivity index (χ0v) is 47.8. The molecule has 2 aliphatic rings. The summed E-state index contributed by atoms with van der Waals surface area (Å²) >= 11 is 0. The van der Waals surface area contributed by atoms with Gasteiger partial charge in [-0.3, -0.25) is 9.59 Å². The van der Waals surface area contributed by atoms with Crippen LogP contribution in [0, 0.1) is 0 Å². The van der Waals surface area contributed by atoms with Gasteiger partial charge in [0.15, 0.2) is 18.7 Å². The van der Waals surface area contributed by atoms with E-state index in [-0.39, 0.29) is 26.1 Å². The number of carbonyl (C=O) groups is 2. The van der Waals surface area contributed by atoms with Gasteiger partial charge in [-0.25, -0.2) is 0 Å². The van der Waals surface area contributed by atoms with Gasteiger partial charge in [0.1, 0.15) is 55.4 Å². The predicted octanol–water partition coefficient (Wildman–Crippen LogP) is 11.1. The van der Waals surface area contributed by atoms with E-state index in [0.29, 0.717) is 12.8 Å². The zero-order chi connectivity index (χ0) is 55.3. The van der Waals surface area contributed by atoms with Crippen molar-refractivity contribution in [3.05, 3.63) is 24.3 Å². The Bertz CT molecular complexity index is 1410. The Morgan fingerprint density at radius 2 is 0.763 bits per heavy atom. The molecule has 0 radical (unpaired) electrons. The number of hydrogen-bond donors (Lipinski definition) is 7. The Morgan fingerprint density at radius 1 is 0.408 bits per heavy atom. The first kappa shape index (κ1) is 70.1. The molecule has 15 nitrogen and oxygen atoms in total. The van der Waals surface area contributed by atoms with Crippen molar-refractivity contribution >= 4 is 11.9 Å². The van der Waals surface area contributed by atoms with Crippen LogP contribution >= 0.6 is 0 Å². The molecule has 2 saturated heterocycles. The molecule has 0 aromatic rings. The van der Waals surface area contributed by atoms with Gasteiger partial charge < -0.3 is 64.2 Å². The summed E-state index contributed by atoms with van der Waals surface area (Å²) in [5.74, 6) is -0.955. The van der Waals surface area contributed by atoms with Crippen LogP contribution in [0.1, 0.15) is 258 Å². The van der Waals surface area contributed by atoms with Crippen LogP contribution in [0.4, 0.5) is 0 Å². The molecule has 15 heteroatoms. The van der Waals surface area contributed by atoms with E-state index in [0.717, 1.165) is 51.4 Å². The van der Waals surface area contributed by atoms with Gasteiger partial charge in [0.2, 0.25) is 0 Å². The van der Waals surface area contributed by atoms with E-state index < -0.39 is 92.7 Å². The minimum atomic E-state index is -1.77. The van der Waals surface area contributed by atoms with Gasteiger partial charge >= 0.3 is 11.9 Å². The van der Waals surface area contributed by atoms with E-state index in [2.05, 4.69) is 38.2 Å². The van der Waals surface area contributed by atoms with Gasteiger partial charge in [-0.05, 0) is 57.8 Å². The highest BCUT2D eigenvalue weighted by atomic mass is 16.7. The number of carbonyl (C=O) groups excluding carboxylic acids is 2. The first-order valence-electron chi connectivity index (χ1n) is 30.9. The molecule has 2 aliphatic heterocycles. The van der Waals surface area contributed by atoms with Crippen molar-refractivity contribution in [3.63, 3.8) is 0 Å². The summed E-state index contributed by atoms with van der Waals surface area (Å²) in [7, 11) is 0. The highest BCUT2D eigenvalue weighted by molar-refractivity contribution is 5.70. The summed E-state index contributed by atoms with van der Waals surface area (Å²) in [4.78, 5) is 25.9. The Hall–Kier alpha value is -2.02. The second-order valence-electron chi connectivity index (χ2n) is 21.9. The maximum atomic E-state index is 13.1. The van der Waals surface area contributed by atoms with Crippen molar-refractivity contribution in [1.82, 2.24) is 0 Å². The molecule has 11 atom stereocenters. The second-order valence-corrected chi connectivity index (χ2v) is 21.9. The normalized spacial score (nSPS) is 24.4. The van der Waals surface area contributed by atoms with E-state index in [1.54, 1.807) is 0 Å². The summed E-state index contributed by atoms with van der Waals surface area (Å²) in [6.07, 6.45) is 36.4. The Kier molecular flexibility index (Phi) is 44.0. The molecule has 446 valence electrons. The summed E-state index contributed by atoms with van der Waals surface area (Å²) < 4.78 is 33.7. The number of ether oxygens (including phenoxy) is 6. The zero-order valence-electron chi connectivity index (χ0n) is 47.8. The molecule has 7 N–H and O–H groups in total. The molecular formula is C61H112O15. The molecule has 0 aromatic heterocycles. The van der Waals surface area contributed by atoms with Gasteiger partial charge in [0.05, 0.1) is 19.8 Å². The number of unbranched alkanes of at least 4 members (excludes halogenated alkanes) is 32. The number of hydrogen-bond acceptors (Lipinski definition) is 15. The minimum absolute atomic E-state index is 0.157. The third-order valence-electron chi connectivity index (χ3n) is 14.9. The third-order valence-corrected chi connectivity index (χ3v) is 14.9. The van der Waals surface area contributed by atoms with Crippen LogP contribution in [0.5, 0.6) is 0 Å². The fourth-order valence-corrected chi connectivity index (χ4v) is 9.87. The highest BCUT2D eigenvalue weighted by Gasteiger charge is 2.47. The van der Waals surface area contributed by atoms with Crippen molar-refractivity contribution in [3.8, 4) is 0 Å². The van der Waals surface area contributed by atoms with E-state index in [9.17, 15) is 45.3 Å². The molecule has 4 unspecified atom stereocenters. The van der Waals surface area contributed by atoms with Crippen LogP contribution in [0.25, 0.3) is 0 Å². The Balaban J connectivity index is 1.72. The molecule has 2 heterocycles. The van der Waals surface area contributed by atoms with Crippen LogP contribution in [0.15, 0.2) is 24.3 Å². The van der Waals surface area contributed by atoms with Crippen molar-refractivity contribution in [2.45, 2.75) is 325 Å². The first-order valence-corrected chi connectivity index (χ1v) is 30.9. The van der Waals surface area contributed by atoms with Gasteiger partial charge in [0.25, 0.3) is 0 Å². The molecule has 0 spiro atoms. The van der Waals surface area contributed by atoms with Gasteiger partial charge in [-0.15, -0.1) is 0 Å². The molecule has 0 bridgehead atoms. The number of aliphatic hydroxyl groups excluding tert-OH is 7. The van der Waals surface area contributed by atoms with E-state index in [1.165, 1.54) is 167 Å². The fraction of sp³-hybridized carbons (Fsp3) is 0.902. The van der Waals surface area contributed by atoms with Crippen molar-refractivity contribution in [1.29, 1.82) is 0 Å². The van der Waals surface area contributed by atoms with Crippen LogP contribution in [-0.2, 0) is 38.0 Å². The van der Waals surface area contributed by atoms with E-state index in [1.807, 2.05) is 0 Å². The molecule has 76 heavy (non-hydrogen) atoms. The maximum absolute atomic E-state index is 13.1. The maximum Gasteiger partial charge on any atom is 0.306 e. The Labute approximate surface area is 460 Å². The lowest BCUT2D eigenvalue weighted by Gasteiger charge is -2.42. The molecular weight excluding hydrogens is 973 g/mol. The lowest BCUT2D eigenvalue weighted by Crippen LogP contribution is -2.61. The number of aliphatic hydroxyl groups is 7. The largest absolute Gasteiger partial charge is 0.462 e. The fourth-order valence-electron chi connectivity index (χ4n) is 9.87. The highest BCUT2D eigenvalue weighted by Crippen LogP contribution is 2.27. The summed E-state index contributed by atoms with van der Waals surface area (Å²) in [6.45, 7) is 2.61. The van der Waals surface area contributed by atoms with Crippen LogP contribution in [-0.4, -0.2) is 142 Å². The van der Waals surface area contributed by atoms with Crippen LogP contribution in [0.3, 0.4) is 0 Å². The van der Waals surface area contributed by atoms with Gasteiger partial charge in [-0.1, -0.05) is 212 Å². The number of allylic oxidation sites excluding steroid dienone is 4. The lowest BCUT2D eigenvalue weighted by molar-refractivity contribution is -0.332. The molecule has 0 saturated carbocycles. The molecule has 2 fully saturated rings. The summed E-state index contributed by atoms with van der Waals surface area (Å²) in [5, 5.41) is 72.3. The Morgan fingerprint density at radius 3 is 1.20 bits per heavy atom. The standard InChI is InChI=1S/C61H112O15/c1-3-5-7-9-11-13-15-17-19-21-22-23-24-25-26-28-29-31-33-35-37-39-41-43-52(63)71-46-49(74-53(64)44-42-40-38-36-34-32-30-27-20-18-16-14-12-10-8-6-4-2)47-72-60-59(70)57(68)55(66)51(76-60)48-73-61-58(69)56(67)54(65)50(45-62)75-61/h18,20,35,37,49-51,54-62,65-70H,3-17,19,21-34,36,38-48H2,1-2H3/b20-18+,37-35+/t49-,50+,51+,54-,55-,56?,57?,58?,59?,60+,61+/m0/s1. The van der Waals surface area contributed by atoms with Crippen LogP contribution < -0.4 is 0 Å². The SMILES string of the molecule is CCCCCCCC/C=C/CCCCCCCCCC(=O)O[C@@H](COC(=O)CCC/C=C/CCCCCCCCCCCCCCCCCCCC)CO[C@@H]1O[C@H](CO[C@@H]2O[C@H](CO)[C@H](O)C(O)C2O)[C@H](O)C(O)C1O. The first-order chi connectivity index (χ1) is 37.0. The van der Waals surface area contributed by atoms with E-state index in [4.69, 9.17) is 28.4 Å². The quantitative estimate of drug-likeness (QED) is 0.0171. The number of rotatable bonds is 50. The predicted molar refractivity (Wildman–Crippen MR) is 298 cm³/mol. The molecule has 0 amide bonds. The average Bonchev–Trinajstić information content (AvgIpc) is 3.41. The van der Waals surface area contributed by atoms with E-state index >= 15 is 0 Å². The molecule has 2 rings (SSSR count). The topological polar surface area (TPSA) is 231 Å². The van der Waals surface area contributed by atoms with Crippen molar-refractivity contribution in [2.24, 2.45) is 0 Å². The van der Waals surface area contributed by atoms with Crippen molar-refractivity contribution in [2.75, 3.05) is 26.4 Å². The third kappa shape index (κ3) is 34.2. The van der Waals surface area contributed by atoms with Gasteiger partial charge in [0, 0.05) is 12.8 Å². The van der Waals surface area contributed by atoms with Crippen molar-refractivity contribution < 1.29 is 73.8 Å². The molecule has 0 aromatic carbocycles.